The molecule has 4 heteroatoms. The van der Waals surface area contributed by atoms with E-state index >= 15 is 0 Å². The van der Waals surface area contributed by atoms with E-state index in [1.807, 2.05) is 0 Å². The molecule has 4 N–H and O–H groups in total. The van der Waals surface area contributed by atoms with Crippen molar-refractivity contribution in [1.82, 2.24) is 0 Å². The van der Waals surface area contributed by atoms with Crippen LogP contribution in [0.3, 0.4) is 0 Å². The van der Waals surface area contributed by atoms with Gasteiger partial charge < -0.3 is 15.9 Å². The fourth-order valence-corrected chi connectivity index (χ4v) is 1.34. The van der Waals surface area contributed by atoms with E-state index < -0.39 is 12.2 Å². The summed E-state index contributed by atoms with van der Waals surface area (Å²) in [6.45, 7) is 1.92. The zero-order valence-corrected chi connectivity index (χ0v) is 8.65. The predicted octanol–water partition coefficient (Wildman–Crippen LogP) is 0.877. The number of aliphatic hydroxyl groups excluding tert-OH is 2. The zero-order valence-electron chi connectivity index (χ0n) is 8.65. The quantitative estimate of drug-likeness (QED) is 0.695. The molecule has 0 saturated heterocycles. The molecule has 0 spiro atoms. The first-order chi connectivity index (χ1) is 7.06. The number of aliphatic hydroxyl groups is 2. The fourth-order valence-electron chi connectivity index (χ4n) is 1.34. The lowest BCUT2D eigenvalue weighted by Crippen LogP contribution is -2.21. The standard InChI is InChI=1S/C11H16FNO2/c1-7-2-3-8(6-9(7)12)11(15)10(14)4-5-13/h2-3,6,10-11,14-15H,4-5,13H2,1H3. The Morgan fingerprint density at radius 1 is 1.40 bits per heavy atom. The molecule has 0 aliphatic rings. The van der Waals surface area contributed by atoms with E-state index in [2.05, 4.69) is 0 Å². The van der Waals surface area contributed by atoms with Crippen molar-refractivity contribution in [3.63, 3.8) is 0 Å². The maximum Gasteiger partial charge on any atom is 0.126 e. The number of rotatable bonds is 4. The fraction of sp³-hybridized carbons (Fsp3) is 0.455. The highest BCUT2D eigenvalue weighted by Gasteiger charge is 2.18. The van der Waals surface area contributed by atoms with Crippen molar-refractivity contribution in [2.45, 2.75) is 25.6 Å². The highest BCUT2D eigenvalue weighted by molar-refractivity contribution is 5.25. The Labute approximate surface area is 88.4 Å². The SMILES string of the molecule is Cc1ccc(C(O)C(O)CCN)cc1F. The van der Waals surface area contributed by atoms with Gasteiger partial charge in [-0.15, -0.1) is 0 Å². The second-order valence-electron chi connectivity index (χ2n) is 3.60. The first kappa shape index (κ1) is 12.1. The second kappa shape index (κ2) is 5.21. The van der Waals surface area contributed by atoms with Crippen molar-refractivity contribution in [2.75, 3.05) is 6.54 Å². The summed E-state index contributed by atoms with van der Waals surface area (Å²) < 4.78 is 13.2. The van der Waals surface area contributed by atoms with Gasteiger partial charge in [-0.25, -0.2) is 4.39 Å². The minimum Gasteiger partial charge on any atom is -0.390 e. The highest BCUT2D eigenvalue weighted by atomic mass is 19.1. The minimum absolute atomic E-state index is 0.284. The second-order valence-corrected chi connectivity index (χ2v) is 3.60. The Kier molecular flexibility index (Phi) is 4.20. The summed E-state index contributed by atoms with van der Waals surface area (Å²) >= 11 is 0. The number of benzene rings is 1. The van der Waals surface area contributed by atoms with Gasteiger partial charge >= 0.3 is 0 Å². The van der Waals surface area contributed by atoms with Crippen LogP contribution in [0.2, 0.25) is 0 Å². The molecule has 1 rings (SSSR count). The van der Waals surface area contributed by atoms with Crippen LogP contribution >= 0.6 is 0 Å². The monoisotopic (exact) mass is 213 g/mol. The molecule has 0 saturated carbocycles. The lowest BCUT2D eigenvalue weighted by molar-refractivity contribution is 0.0148. The van der Waals surface area contributed by atoms with Crippen molar-refractivity contribution in [2.24, 2.45) is 5.73 Å². The van der Waals surface area contributed by atoms with Crippen molar-refractivity contribution in [1.29, 1.82) is 0 Å². The van der Waals surface area contributed by atoms with Crippen LogP contribution in [0, 0.1) is 12.7 Å². The van der Waals surface area contributed by atoms with Crippen molar-refractivity contribution >= 4 is 0 Å². The van der Waals surface area contributed by atoms with Crippen LogP contribution in [0.15, 0.2) is 18.2 Å². The Morgan fingerprint density at radius 2 is 2.07 bits per heavy atom. The van der Waals surface area contributed by atoms with Crippen molar-refractivity contribution < 1.29 is 14.6 Å². The summed E-state index contributed by atoms with van der Waals surface area (Å²) in [5, 5.41) is 19.1. The molecular weight excluding hydrogens is 197 g/mol. The van der Waals surface area contributed by atoms with Crippen LogP contribution in [-0.2, 0) is 0 Å². The van der Waals surface area contributed by atoms with Gasteiger partial charge in [0.15, 0.2) is 0 Å². The first-order valence-electron chi connectivity index (χ1n) is 4.88. The zero-order chi connectivity index (χ0) is 11.4. The molecule has 3 nitrogen and oxygen atoms in total. The van der Waals surface area contributed by atoms with Crippen LogP contribution in [0.5, 0.6) is 0 Å². The highest BCUT2D eigenvalue weighted by Crippen LogP contribution is 2.20. The summed E-state index contributed by atoms with van der Waals surface area (Å²) in [5.41, 5.74) is 6.14. The molecule has 0 aliphatic carbocycles. The van der Waals surface area contributed by atoms with E-state index in [-0.39, 0.29) is 18.8 Å². The van der Waals surface area contributed by atoms with Gasteiger partial charge in [0.2, 0.25) is 0 Å². The lowest BCUT2D eigenvalue weighted by Gasteiger charge is -2.17. The summed E-state index contributed by atoms with van der Waals surface area (Å²) in [7, 11) is 0. The molecule has 0 radical (unpaired) electrons. The van der Waals surface area contributed by atoms with Gasteiger partial charge in [-0.2, -0.15) is 0 Å². The van der Waals surface area contributed by atoms with Gasteiger partial charge in [-0.1, -0.05) is 12.1 Å². The van der Waals surface area contributed by atoms with Gasteiger partial charge in [-0.3, -0.25) is 0 Å². The van der Waals surface area contributed by atoms with E-state index in [9.17, 15) is 14.6 Å². The van der Waals surface area contributed by atoms with Gasteiger partial charge in [-0.05, 0) is 37.1 Å². The van der Waals surface area contributed by atoms with E-state index in [0.717, 1.165) is 0 Å². The first-order valence-corrected chi connectivity index (χ1v) is 4.88. The molecule has 0 amide bonds. The molecule has 1 aromatic rings. The average molecular weight is 213 g/mol. The molecule has 0 aromatic heterocycles. The molecule has 84 valence electrons. The molecule has 1 aromatic carbocycles. The van der Waals surface area contributed by atoms with E-state index in [0.29, 0.717) is 11.1 Å². The molecule has 0 aliphatic heterocycles. The topological polar surface area (TPSA) is 66.5 Å². The largest absolute Gasteiger partial charge is 0.390 e. The van der Waals surface area contributed by atoms with Crippen LogP contribution in [0.4, 0.5) is 4.39 Å². The van der Waals surface area contributed by atoms with Crippen LogP contribution in [0.1, 0.15) is 23.7 Å². The van der Waals surface area contributed by atoms with E-state index in [1.54, 1.807) is 19.1 Å². The molecule has 2 unspecified atom stereocenters. The molecule has 0 heterocycles. The van der Waals surface area contributed by atoms with Crippen molar-refractivity contribution in [3.05, 3.63) is 35.1 Å². The van der Waals surface area contributed by atoms with Gasteiger partial charge in [0, 0.05) is 0 Å². The third-order valence-corrected chi connectivity index (χ3v) is 2.36. The van der Waals surface area contributed by atoms with Crippen molar-refractivity contribution in [3.8, 4) is 0 Å². The Hall–Kier alpha value is -0.970. The molecule has 0 bridgehead atoms. The number of hydrogen-bond acceptors (Lipinski definition) is 3. The van der Waals surface area contributed by atoms with E-state index in [1.165, 1.54) is 6.07 Å². The van der Waals surface area contributed by atoms with Gasteiger partial charge in [0.1, 0.15) is 11.9 Å². The summed E-state index contributed by atoms with van der Waals surface area (Å²) in [6.07, 6.45) is -1.74. The number of hydrogen-bond donors (Lipinski definition) is 3. The smallest absolute Gasteiger partial charge is 0.126 e. The molecule has 2 atom stereocenters. The van der Waals surface area contributed by atoms with Gasteiger partial charge in [0.25, 0.3) is 0 Å². The summed E-state index contributed by atoms with van der Waals surface area (Å²) in [6, 6.07) is 4.41. The van der Waals surface area contributed by atoms with E-state index in [4.69, 9.17) is 5.73 Å². The Morgan fingerprint density at radius 3 is 2.60 bits per heavy atom. The minimum atomic E-state index is -1.08. The van der Waals surface area contributed by atoms with Crippen LogP contribution in [0.25, 0.3) is 0 Å². The molecular formula is C11H16FNO2. The maximum atomic E-state index is 13.2. The van der Waals surface area contributed by atoms with Crippen LogP contribution < -0.4 is 5.73 Å². The predicted molar refractivity (Wildman–Crippen MR) is 55.8 cm³/mol. The van der Waals surface area contributed by atoms with Crippen LogP contribution in [-0.4, -0.2) is 22.9 Å². The molecule has 0 fully saturated rings. The van der Waals surface area contributed by atoms with Gasteiger partial charge in [0.05, 0.1) is 6.10 Å². The third kappa shape index (κ3) is 2.99. The number of aryl methyl sites for hydroxylation is 1. The molecule has 15 heavy (non-hydrogen) atoms. The maximum absolute atomic E-state index is 13.2. The Bertz CT molecular complexity index is 330. The summed E-state index contributed by atoms with van der Waals surface area (Å²) in [5.74, 6) is -0.383. The Balaban J connectivity index is 2.81. The number of nitrogens with two attached hydrogens (primary N) is 1. The number of halogens is 1. The average Bonchev–Trinajstić information content (AvgIpc) is 2.21. The summed E-state index contributed by atoms with van der Waals surface area (Å²) in [4.78, 5) is 0. The lowest BCUT2D eigenvalue weighted by atomic mass is 10.0. The third-order valence-electron chi connectivity index (χ3n) is 2.36. The normalized spacial score (nSPS) is 15.0.